The second kappa shape index (κ2) is 9.83. The van der Waals surface area contributed by atoms with Crippen LogP contribution in [0.15, 0.2) is 36.4 Å². The molecule has 7 nitrogen and oxygen atoms in total. The molecule has 1 amide bonds. The molecule has 1 aromatic heterocycles. The molecule has 164 valence electrons. The molecule has 0 aliphatic carbocycles. The lowest BCUT2D eigenvalue weighted by Gasteiger charge is -2.28. The van der Waals surface area contributed by atoms with Crippen molar-refractivity contribution in [1.29, 1.82) is 0 Å². The summed E-state index contributed by atoms with van der Waals surface area (Å²) in [6.07, 6.45) is 2.78. The number of hydrogen-bond acceptors (Lipinski definition) is 5. The highest BCUT2D eigenvalue weighted by atomic mass is 16.5. The van der Waals surface area contributed by atoms with Gasteiger partial charge in [0.15, 0.2) is 0 Å². The van der Waals surface area contributed by atoms with Crippen LogP contribution in [-0.4, -0.2) is 49.0 Å². The van der Waals surface area contributed by atoms with E-state index in [1.54, 1.807) is 0 Å². The van der Waals surface area contributed by atoms with Crippen LogP contribution in [0, 0.1) is 0 Å². The Morgan fingerprint density at radius 1 is 1.19 bits per heavy atom. The third-order valence-corrected chi connectivity index (χ3v) is 5.59. The van der Waals surface area contributed by atoms with Crippen molar-refractivity contribution in [3.05, 3.63) is 47.7 Å². The average Bonchev–Trinajstić information content (AvgIpc) is 3.21. The van der Waals surface area contributed by atoms with Gasteiger partial charge in [-0.1, -0.05) is 20.3 Å². The smallest absolute Gasteiger partial charge is 0.259 e. The van der Waals surface area contributed by atoms with Crippen LogP contribution in [0.3, 0.4) is 0 Å². The first kappa shape index (κ1) is 21.2. The Hall–Kier alpha value is -3.06. The number of rotatable bonds is 8. The highest BCUT2D eigenvalue weighted by Gasteiger charge is 2.18. The summed E-state index contributed by atoms with van der Waals surface area (Å²) in [5.74, 6) is 0.383. The molecule has 2 heterocycles. The number of hydrogen-bond donors (Lipinski definition) is 2. The molecule has 7 heteroatoms. The number of amides is 1. The van der Waals surface area contributed by atoms with E-state index in [1.807, 2.05) is 36.4 Å². The highest BCUT2D eigenvalue weighted by Crippen LogP contribution is 2.29. The van der Waals surface area contributed by atoms with Crippen LogP contribution in [-0.2, 0) is 11.2 Å². The standard InChI is InChI=1S/C24H30N4O3/c1-3-5-12-31-23-16-22-19(21(4-2)26-27-22)15-20(23)24(29)25-17-6-8-18(9-7-17)28-10-13-30-14-11-28/h6-9,15-16H,3-5,10-14H2,1-2H3,(H,25,29)(H,26,27). The summed E-state index contributed by atoms with van der Waals surface area (Å²) in [5.41, 5.74) is 4.24. The lowest BCUT2D eigenvalue weighted by Crippen LogP contribution is -2.36. The van der Waals surface area contributed by atoms with Gasteiger partial charge in [-0.3, -0.25) is 9.89 Å². The van der Waals surface area contributed by atoms with Crippen LogP contribution in [0.25, 0.3) is 10.9 Å². The van der Waals surface area contributed by atoms with Gasteiger partial charge >= 0.3 is 0 Å². The summed E-state index contributed by atoms with van der Waals surface area (Å²) in [7, 11) is 0. The number of fused-ring (bicyclic) bond motifs is 1. The van der Waals surface area contributed by atoms with Crippen LogP contribution >= 0.6 is 0 Å². The third-order valence-electron chi connectivity index (χ3n) is 5.59. The van der Waals surface area contributed by atoms with Crippen molar-refractivity contribution >= 4 is 28.2 Å². The molecule has 2 N–H and O–H groups in total. The maximum Gasteiger partial charge on any atom is 0.259 e. The molecule has 0 unspecified atom stereocenters. The van der Waals surface area contributed by atoms with E-state index in [-0.39, 0.29) is 5.91 Å². The van der Waals surface area contributed by atoms with Crippen molar-refractivity contribution in [1.82, 2.24) is 10.2 Å². The van der Waals surface area contributed by atoms with Gasteiger partial charge in [-0.15, -0.1) is 0 Å². The number of carbonyl (C=O) groups excluding carboxylic acids is 1. The molecular formula is C24H30N4O3. The number of nitrogens with zero attached hydrogens (tertiary/aromatic N) is 2. The van der Waals surface area contributed by atoms with Crippen LogP contribution in [0.5, 0.6) is 5.75 Å². The summed E-state index contributed by atoms with van der Waals surface area (Å²) in [6, 6.07) is 11.7. The van der Waals surface area contributed by atoms with Gasteiger partial charge < -0.3 is 19.7 Å². The Bertz CT molecular complexity index is 1020. The second-order valence-corrected chi connectivity index (χ2v) is 7.72. The predicted molar refractivity (Wildman–Crippen MR) is 123 cm³/mol. The molecular weight excluding hydrogens is 392 g/mol. The van der Waals surface area contributed by atoms with Crippen molar-refractivity contribution in [2.24, 2.45) is 0 Å². The van der Waals surface area contributed by atoms with Crippen LogP contribution in [0.1, 0.15) is 42.7 Å². The van der Waals surface area contributed by atoms with E-state index in [9.17, 15) is 4.79 Å². The SMILES string of the molecule is CCCCOc1cc2n[nH]c(CC)c2cc1C(=O)Nc1ccc(N2CCOCC2)cc1. The van der Waals surface area contributed by atoms with E-state index in [0.29, 0.717) is 17.9 Å². The Labute approximate surface area is 182 Å². The van der Waals surface area contributed by atoms with Crippen molar-refractivity contribution in [3.63, 3.8) is 0 Å². The van der Waals surface area contributed by atoms with E-state index < -0.39 is 0 Å². The van der Waals surface area contributed by atoms with Crippen molar-refractivity contribution < 1.29 is 14.3 Å². The van der Waals surface area contributed by atoms with Crippen molar-refractivity contribution in [2.45, 2.75) is 33.1 Å². The molecule has 1 aliphatic rings. The van der Waals surface area contributed by atoms with Gasteiger partial charge in [-0.2, -0.15) is 5.10 Å². The summed E-state index contributed by atoms with van der Waals surface area (Å²) in [4.78, 5) is 15.5. The topological polar surface area (TPSA) is 79.5 Å². The van der Waals surface area contributed by atoms with Gasteiger partial charge in [-0.05, 0) is 43.2 Å². The Kier molecular flexibility index (Phi) is 6.72. The highest BCUT2D eigenvalue weighted by molar-refractivity contribution is 6.08. The van der Waals surface area contributed by atoms with E-state index in [1.165, 1.54) is 0 Å². The number of ether oxygens (including phenoxy) is 2. The minimum Gasteiger partial charge on any atom is -0.493 e. The summed E-state index contributed by atoms with van der Waals surface area (Å²) < 4.78 is 11.4. The average molecular weight is 423 g/mol. The molecule has 4 rings (SSSR count). The van der Waals surface area contributed by atoms with E-state index in [4.69, 9.17) is 9.47 Å². The molecule has 1 fully saturated rings. The van der Waals surface area contributed by atoms with E-state index in [2.05, 4.69) is 34.3 Å². The molecule has 0 radical (unpaired) electrons. The monoisotopic (exact) mass is 422 g/mol. The number of aromatic amines is 1. The first-order chi connectivity index (χ1) is 15.2. The fourth-order valence-electron chi connectivity index (χ4n) is 3.76. The van der Waals surface area contributed by atoms with E-state index >= 15 is 0 Å². The number of H-pyrrole nitrogens is 1. The van der Waals surface area contributed by atoms with Crippen LogP contribution in [0.2, 0.25) is 0 Å². The lowest BCUT2D eigenvalue weighted by molar-refractivity contribution is 0.102. The molecule has 0 bridgehead atoms. The molecule has 1 aliphatic heterocycles. The maximum absolute atomic E-state index is 13.2. The molecule has 2 aromatic carbocycles. The van der Waals surface area contributed by atoms with Crippen molar-refractivity contribution in [3.8, 4) is 5.75 Å². The first-order valence-corrected chi connectivity index (χ1v) is 11.1. The fraction of sp³-hybridized carbons (Fsp3) is 0.417. The summed E-state index contributed by atoms with van der Waals surface area (Å²) in [5, 5.41) is 11.4. The number of unbranched alkanes of at least 4 members (excludes halogenated alkanes) is 1. The zero-order valence-electron chi connectivity index (χ0n) is 18.2. The van der Waals surface area contributed by atoms with Gasteiger partial charge in [0.2, 0.25) is 0 Å². The van der Waals surface area contributed by atoms with E-state index in [0.717, 1.165) is 73.5 Å². The molecule has 31 heavy (non-hydrogen) atoms. The Balaban J connectivity index is 1.55. The molecule has 0 saturated carbocycles. The minimum absolute atomic E-state index is 0.184. The number of benzene rings is 2. The minimum atomic E-state index is -0.184. The normalized spacial score (nSPS) is 14.1. The number of carbonyl (C=O) groups is 1. The number of nitrogens with one attached hydrogen (secondary N) is 2. The van der Waals surface area contributed by atoms with Gasteiger partial charge in [-0.25, -0.2) is 0 Å². The zero-order valence-corrected chi connectivity index (χ0v) is 18.2. The summed E-state index contributed by atoms with van der Waals surface area (Å²) >= 11 is 0. The first-order valence-electron chi connectivity index (χ1n) is 11.1. The van der Waals surface area contributed by atoms with Gasteiger partial charge in [0.05, 0.1) is 30.9 Å². The fourth-order valence-corrected chi connectivity index (χ4v) is 3.76. The summed E-state index contributed by atoms with van der Waals surface area (Å²) in [6.45, 7) is 8.01. The number of anilines is 2. The predicted octanol–water partition coefficient (Wildman–Crippen LogP) is 4.39. The van der Waals surface area contributed by atoms with Crippen LogP contribution < -0.4 is 15.0 Å². The lowest BCUT2D eigenvalue weighted by atomic mass is 10.1. The zero-order chi connectivity index (χ0) is 21.6. The third kappa shape index (κ3) is 4.82. The van der Waals surface area contributed by atoms with Gasteiger partial charge in [0.25, 0.3) is 5.91 Å². The second-order valence-electron chi connectivity index (χ2n) is 7.72. The van der Waals surface area contributed by atoms with Gasteiger partial charge in [0.1, 0.15) is 5.75 Å². The van der Waals surface area contributed by atoms with Crippen molar-refractivity contribution in [2.75, 3.05) is 43.1 Å². The number of aryl methyl sites for hydroxylation is 1. The Morgan fingerprint density at radius 3 is 2.68 bits per heavy atom. The van der Waals surface area contributed by atoms with Gasteiger partial charge in [0, 0.05) is 41.6 Å². The number of morpholine rings is 1. The molecule has 3 aromatic rings. The Morgan fingerprint density at radius 2 is 1.97 bits per heavy atom. The molecule has 0 spiro atoms. The maximum atomic E-state index is 13.2. The van der Waals surface area contributed by atoms with Crippen LogP contribution in [0.4, 0.5) is 11.4 Å². The molecule has 0 atom stereocenters. The number of aromatic nitrogens is 2. The molecule has 1 saturated heterocycles. The quantitative estimate of drug-likeness (QED) is 0.526. The largest absolute Gasteiger partial charge is 0.493 e.